The lowest BCUT2D eigenvalue weighted by atomic mass is 9.83. The molecule has 0 spiro atoms. The van der Waals surface area contributed by atoms with Crippen LogP contribution >= 0.6 is 0 Å². The van der Waals surface area contributed by atoms with Crippen molar-refractivity contribution < 1.29 is 19.8 Å². The molecule has 0 aromatic heterocycles. The number of hydrogen-bond acceptors (Lipinski definition) is 4. The number of quaternary nitrogens is 2. The van der Waals surface area contributed by atoms with Crippen molar-refractivity contribution in [3.8, 4) is 0 Å². The fourth-order valence-corrected chi connectivity index (χ4v) is 3.85. The van der Waals surface area contributed by atoms with Gasteiger partial charge >= 0.3 is 0 Å². The SMILES string of the molecule is CNCC[N+](C)(CC[NH3+])CCNc1cccc2c1C(=O)c1ccccc1C2=O. The first-order chi connectivity index (χ1) is 13.5. The quantitative estimate of drug-likeness (QED) is 0.478. The van der Waals surface area contributed by atoms with Crippen molar-refractivity contribution in [2.24, 2.45) is 0 Å². The van der Waals surface area contributed by atoms with Crippen molar-refractivity contribution in [2.45, 2.75) is 0 Å². The highest BCUT2D eigenvalue weighted by molar-refractivity contribution is 6.30. The van der Waals surface area contributed by atoms with Crippen LogP contribution in [-0.4, -0.2) is 69.4 Å². The molecule has 0 saturated carbocycles. The molecule has 0 saturated heterocycles. The molecular formula is C22H30N4O2+2. The Bertz CT molecular complexity index is 881. The van der Waals surface area contributed by atoms with Gasteiger partial charge in [-0.2, -0.15) is 0 Å². The summed E-state index contributed by atoms with van der Waals surface area (Å²) in [4.78, 5) is 25.9. The van der Waals surface area contributed by atoms with Crippen molar-refractivity contribution in [3.05, 3.63) is 64.7 Å². The summed E-state index contributed by atoms with van der Waals surface area (Å²) >= 11 is 0. The highest BCUT2D eigenvalue weighted by Gasteiger charge is 2.31. The number of rotatable bonds is 9. The van der Waals surface area contributed by atoms with Crippen LogP contribution in [0.3, 0.4) is 0 Å². The number of carbonyl (C=O) groups is 2. The molecule has 0 aliphatic heterocycles. The van der Waals surface area contributed by atoms with E-state index in [0.717, 1.165) is 49.4 Å². The summed E-state index contributed by atoms with van der Waals surface area (Å²) in [7, 11) is 4.19. The molecule has 0 heterocycles. The first-order valence-corrected chi connectivity index (χ1v) is 9.83. The zero-order valence-corrected chi connectivity index (χ0v) is 16.8. The fraction of sp³-hybridized carbons (Fsp3) is 0.364. The van der Waals surface area contributed by atoms with Gasteiger partial charge in [-0.3, -0.25) is 9.59 Å². The van der Waals surface area contributed by atoms with Gasteiger partial charge in [-0.15, -0.1) is 0 Å². The molecule has 6 nitrogen and oxygen atoms in total. The number of ketones is 2. The Hall–Kier alpha value is -2.54. The molecule has 5 N–H and O–H groups in total. The van der Waals surface area contributed by atoms with E-state index < -0.39 is 0 Å². The van der Waals surface area contributed by atoms with Crippen LogP contribution in [0.2, 0.25) is 0 Å². The Kier molecular flexibility index (Phi) is 6.24. The predicted octanol–water partition coefficient (Wildman–Crippen LogP) is 0.782. The summed E-state index contributed by atoms with van der Waals surface area (Å²) in [6.07, 6.45) is 0. The maximum Gasteiger partial charge on any atom is 0.196 e. The molecule has 0 radical (unpaired) electrons. The minimum Gasteiger partial charge on any atom is -0.379 e. The topological polar surface area (TPSA) is 85.8 Å². The van der Waals surface area contributed by atoms with E-state index in [2.05, 4.69) is 23.4 Å². The van der Waals surface area contributed by atoms with E-state index in [4.69, 9.17) is 0 Å². The van der Waals surface area contributed by atoms with E-state index in [1.54, 1.807) is 30.3 Å². The Labute approximate surface area is 166 Å². The third kappa shape index (κ3) is 3.99. The van der Waals surface area contributed by atoms with Gasteiger partial charge in [0.15, 0.2) is 11.6 Å². The Morgan fingerprint density at radius 2 is 1.50 bits per heavy atom. The molecule has 1 aliphatic carbocycles. The van der Waals surface area contributed by atoms with Gasteiger partial charge in [-0.25, -0.2) is 0 Å². The predicted molar refractivity (Wildman–Crippen MR) is 111 cm³/mol. The summed E-state index contributed by atoms with van der Waals surface area (Å²) in [5.74, 6) is -0.168. The molecule has 2 aromatic carbocycles. The average molecular weight is 383 g/mol. The smallest absolute Gasteiger partial charge is 0.196 e. The molecule has 0 fully saturated rings. The first kappa shape index (κ1) is 20.2. The normalized spacial score (nSPS) is 15.0. The summed E-state index contributed by atoms with van der Waals surface area (Å²) in [6, 6.07) is 12.5. The summed E-state index contributed by atoms with van der Waals surface area (Å²) in [5, 5.41) is 6.63. The van der Waals surface area contributed by atoms with Gasteiger partial charge in [0.05, 0.1) is 32.2 Å². The molecule has 1 atom stereocenters. The minimum atomic E-state index is -0.0847. The summed E-state index contributed by atoms with van der Waals surface area (Å²) < 4.78 is 0.905. The lowest BCUT2D eigenvalue weighted by molar-refractivity contribution is -0.911. The average Bonchev–Trinajstić information content (AvgIpc) is 2.70. The van der Waals surface area contributed by atoms with Crippen LogP contribution in [0.4, 0.5) is 5.69 Å². The number of hydrogen-bond donors (Lipinski definition) is 3. The zero-order chi connectivity index (χ0) is 20.1. The maximum atomic E-state index is 13.1. The van der Waals surface area contributed by atoms with E-state index in [0.29, 0.717) is 22.3 Å². The Balaban J connectivity index is 1.80. The second-order valence-corrected chi connectivity index (χ2v) is 7.61. The van der Waals surface area contributed by atoms with Crippen LogP contribution < -0.4 is 16.4 Å². The van der Waals surface area contributed by atoms with E-state index in [1.165, 1.54) is 0 Å². The molecular weight excluding hydrogens is 352 g/mol. The third-order valence-electron chi connectivity index (χ3n) is 5.52. The van der Waals surface area contributed by atoms with Crippen molar-refractivity contribution in [3.63, 3.8) is 0 Å². The molecule has 1 aliphatic rings. The van der Waals surface area contributed by atoms with Gasteiger partial charge in [-0.05, 0) is 13.1 Å². The number of nitrogens with zero attached hydrogens (tertiary/aromatic N) is 1. The maximum absolute atomic E-state index is 13.1. The van der Waals surface area contributed by atoms with Crippen LogP contribution in [0.25, 0.3) is 0 Å². The van der Waals surface area contributed by atoms with E-state index in [9.17, 15) is 9.59 Å². The molecule has 3 rings (SSSR count). The van der Waals surface area contributed by atoms with Crippen LogP contribution in [-0.2, 0) is 0 Å². The molecule has 1 unspecified atom stereocenters. The highest BCUT2D eigenvalue weighted by atomic mass is 16.1. The van der Waals surface area contributed by atoms with Crippen LogP contribution in [0, 0.1) is 0 Å². The van der Waals surface area contributed by atoms with E-state index in [1.807, 2.05) is 19.2 Å². The van der Waals surface area contributed by atoms with Gasteiger partial charge in [0, 0.05) is 28.9 Å². The lowest BCUT2D eigenvalue weighted by Crippen LogP contribution is -2.61. The fourth-order valence-electron chi connectivity index (χ4n) is 3.85. The third-order valence-corrected chi connectivity index (χ3v) is 5.52. The molecule has 148 valence electrons. The molecule has 6 heteroatoms. The number of carbonyl (C=O) groups excluding carboxylic acids is 2. The van der Waals surface area contributed by atoms with Gasteiger partial charge in [0.2, 0.25) is 0 Å². The largest absolute Gasteiger partial charge is 0.379 e. The number of anilines is 1. The summed E-state index contributed by atoms with van der Waals surface area (Å²) in [5.41, 5.74) is 6.70. The number of benzene rings is 2. The van der Waals surface area contributed by atoms with Gasteiger partial charge in [0.1, 0.15) is 13.1 Å². The van der Waals surface area contributed by atoms with Crippen molar-refractivity contribution in [1.82, 2.24) is 5.32 Å². The Morgan fingerprint density at radius 3 is 2.18 bits per heavy atom. The van der Waals surface area contributed by atoms with Crippen molar-refractivity contribution in [2.75, 3.05) is 58.7 Å². The number of fused-ring (bicyclic) bond motifs is 2. The van der Waals surface area contributed by atoms with Crippen molar-refractivity contribution >= 4 is 17.3 Å². The van der Waals surface area contributed by atoms with Gasteiger partial charge < -0.3 is 20.9 Å². The highest BCUT2D eigenvalue weighted by Crippen LogP contribution is 2.31. The van der Waals surface area contributed by atoms with Crippen molar-refractivity contribution in [1.29, 1.82) is 0 Å². The van der Waals surface area contributed by atoms with Gasteiger partial charge in [-0.1, -0.05) is 36.4 Å². The second-order valence-electron chi connectivity index (χ2n) is 7.61. The van der Waals surface area contributed by atoms with Gasteiger partial charge in [0.25, 0.3) is 0 Å². The molecule has 0 bridgehead atoms. The first-order valence-electron chi connectivity index (χ1n) is 9.83. The second kappa shape index (κ2) is 8.65. The molecule has 0 amide bonds. The van der Waals surface area contributed by atoms with Crippen LogP contribution in [0.5, 0.6) is 0 Å². The Morgan fingerprint density at radius 1 is 0.857 bits per heavy atom. The molecule has 2 aromatic rings. The van der Waals surface area contributed by atoms with Crippen LogP contribution in [0.1, 0.15) is 31.8 Å². The number of likely N-dealkylation sites (N-methyl/N-ethyl adjacent to an activating group) is 2. The monoisotopic (exact) mass is 382 g/mol. The standard InChI is InChI=1S/C22H28N4O2/c1-24-11-14-26(2,13-10-23)15-12-25-19-9-5-8-18-20(19)22(28)17-7-4-3-6-16(17)21(18)27/h3-9,24H,10-15,23H2,1-2H3/p+2. The lowest BCUT2D eigenvalue weighted by Gasteiger charge is -2.34. The number of nitrogens with one attached hydrogen (secondary N) is 2. The minimum absolute atomic E-state index is 0.0828. The van der Waals surface area contributed by atoms with E-state index >= 15 is 0 Å². The summed E-state index contributed by atoms with van der Waals surface area (Å²) in [6.45, 7) is 5.48. The zero-order valence-electron chi connectivity index (χ0n) is 16.8. The van der Waals surface area contributed by atoms with Crippen LogP contribution in [0.15, 0.2) is 42.5 Å². The molecule has 28 heavy (non-hydrogen) atoms. The van der Waals surface area contributed by atoms with E-state index in [-0.39, 0.29) is 11.6 Å².